The van der Waals surface area contributed by atoms with Crippen LogP contribution in [0.25, 0.3) is 0 Å². The van der Waals surface area contributed by atoms with Crippen molar-refractivity contribution in [3.05, 3.63) is 65.7 Å². The Morgan fingerprint density at radius 3 is 2.68 bits per heavy atom. The van der Waals surface area contributed by atoms with Crippen LogP contribution in [-0.4, -0.2) is 42.6 Å². The molecule has 0 bridgehead atoms. The topological polar surface area (TPSA) is 70.7 Å². The Morgan fingerprint density at radius 1 is 1.14 bits per heavy atom. The Labute approximate surface area is 165 Å². The minimum Gasteiger partial charge on any atom is -0.376 e. The molecule has 0 saturated carbocycles. The third-order valence-electron chi connectivity index (χ3n) is 4.69. The summed E-state index contributed by atoms with van der Waals surface area (Å²) in [4.78, 5) is 26.7. The minimum absolute atomic E-state index is 0.0583. The van der Waals surface area contributed by atoms with E-state index in [2.05, 4.69) is 10.6 Å². The Morgan fingerprint density at radius 2 is 1.96 bits per heavy atom. The van der Waals surface area contributed by atoms with Crippen LogP contribution in [0.2, 0.25) is 0 Å². The van der Waals surface area contributed by atoms with E-state index in [1.165, 1.54) is 0 Å². The summed E-state index contributed by atoms with van der Waals surface area (Å²) in [6.45, 7) is 3.68. The molecule has 1 heterocycles. The van der Waals surface area contributed by atoms with E-state index in [0.29, 0.717) is 18.8 Å². The summed E-state index contributed by atoms with van der Waals surface area (Å²) in [5, 5.41) is 5.41. The van der Waals surface area contributed by atoms with Crippen molar-refractivity contribution >= 4 is 17.6 Å². The zero-order valence-electron chi connectivity index (χ0n) is 16.2. The number of urea groups is 1. The molecule has 2 aromatic carbocycles. The van der Waals surface area contributed by atoms with Crippen molar-refractivity contribution in [1.82, 2.24) is 10.2 Å². The maximum atomic E-state index is 12.8. The molecule has 1 unspecified atom stereocenters. The number of carbonyl (C=O) groups is 2. The Bertz CT molecular complexity index is 789. The zero-order chi connectivity index (χ0) is 19.8. The molecular formula is C22H27N3O3. The van der Waals surface area contributed by atoms with Gasteiger partial charge in [-0.25, -0.2) is 4.79 Å². The van der Waals surface area contributed by atoms with Gasteiger partial charge in [-0.05, 0) is 43.0 Å². The number of nitrogens with zero attached hydrogens (tertiary/aromatic N) is 1. The monoisotopic (exact) mass is 381 g/mol. The molecular weight excluding hydrogens is 354 g/mol. The molecule has 2 N–H and O–H groups in total. The average molecular weight is 381 g/mol. The first-order valence-corrected chi connectivity index (χ1v) is 9.65. The largest absolute Gasteiger partial charge is 0.376 e. The molecule has 1 saturated heterocycles. The van der Waals surface area contributed by atoms with Crippen molar-refractivity contribution in [3.8, 4) is 0 Å². The van der Waals surface area contributed by atoms with Crippen LogP contribution >= 0.6 is 0 Å². The van der Waals surface area contributed by atoms with Gasteiger partial charge in [0.1, 0.15) is 0 Å². The van der Waals surface area contributed by atoms with Crippen molar-refractivity contribution in [2.24, 2.45) is 0 Å². The standard InChI is InChI=1S/C22H27N3O3/c1-17-7-5-10-19(13-17)24-22(27)23-14-21(26)25(16-20-11-6-12-28-20)15-18-8-3-2-4-9-18/h2-5,7-10,13,20H,6,11-12,14-16H2,1H3,(H2,23,24,27). The first-order chi connectivity index (χ1) is 13.6. The van der Waals surface area contributed by atoms with Gasteiger partial charge in [-0.2, -0.15) is 0 Å². The molecule has 0 aromatic heterocycles. The molecule has 6 nitrogen and oxygen atoms in total. The fourth-order valence-corrected chi connectivity index (χ4v) is 3.26. The van der Waals surface area contributed by atoms with Gasteiger partial charge in [0.15, 0.2) is 0 Å². The fourth-order valence-electron chi connectivity index (χ4n) is 3.26. The first kappa shape index (κ1) is 19.9. The Hall–Kier alpha value is -2.86. The van der Waals surface area contributed by atoms with Gasteiger partial charge >= 0.3 is 6.03 Å². The summed E-state index contributed by atoms with van der Waals surface area (Å²) in [7, 11) is 0. The van der Waals surface area contributed by atoms with Gasteiger partial charge in [-0.15, -0.1) is 0 Å². The molecule has 148 valence electrons. The third-order valence-corrected chi connectivity index (χ3v) is 4.69. The van der Waals surface area contributed by atoms with Gasteiger partial charge in [0.05, 0.1) is 12.6 Å². The van der Waals surface area contributed by atoms with Crippen LogP contribution in [0.1, 0.15) is 24.0 Å². The second-order valence-electron chi connectivity index (χ2n) is 7.07. The van der Waals surface area contributed by atoms with Crippen LogP contribution in [-0.2, 0) is 16.1 Å². The van der Waals surface area contributed by atoms with E-state index >= 15 is 0 Å². The number of ether oxygens (including phenoxy) is 1. The molecule has 3 amide bonds. The van der Waals surface area contributed by atoms with Gasteiger partial charge in [0, 0.05) is 25.4 Å². The maximum absolute atomic E-state index is 12.8. The van der Waals surface area contributed by atoms with Gasteiger partial charge in [-0.1, -0.05) is 42.5 Å². The summed E-state index contributed by atoms with van der Waals surface area (Å²) in [6.07, 6.45) is 2.04. The zero-order valence-corrected chi connectivity index (χ0v) is 16.2. The van der Waals surface area contributed by atoms with Crippen molar-refractivity contribution in [2.75, 3.05) is 25.0 Å². The molecule has 0 spiro atoms. The molecule has 1 fully saturated rings. The number of hydrogen-bond donors (Lipinski definition) is 2. The number of benzene rings is 2. The molecule has 1 atom stereocenters. The van der Waals surface area contributed by atoms with Crippen LogP contribution in [0.15, 0.2) is 54.6 Å². The van der Waals surface area contributed by atoms with Crippen molar-refractivity contribution in [3.63, 3.8) is 0 Å². The second-order valence-corrected chi connectivity index (χ2v) is 7.07. The predicted octanol–water partition coefficient (Wildman–Crippen LogP) is 3.32. The number of amides is 3. The minimum atomic E-state index is -0.393. The van der Waals surface area contributed by atoms with E-state index in [-0.39, 0.29) is 18.6 Å². The first-order valence-electron chi connectivity index (χ1n) is 9.65. The van der Waals surface area contributed by atoms with Crippen molar-refractivity contribution < 1.29 is 14.3 Å². The fraction of sp³-hybridized carbons (Fsp3) is 0.364. The number of nitrogens with one attached hydrogen (secondary N) is 2. The number of anilines is 1. The van der Waals surface area contributed by atoms with Crippen LogP contribution in [0, 0.1) is 6.92 Å². The highest BCUT2D eigenvalue weighted by molar-refractivity contribution is 5.92. The molecule has 3 rings (SSSR count). The summed E-state index contributed by atoms with van der Waals surface area (Å²) in [6, 6.07) is 17.0. The van der Waals surface area contributed by atoms with E-state index in [1.54, 1.807) is 4.90 Å². The van der Waals surface area contributed by atoms with Crippen LogP contribution in [0.4, 0.5) is 10.5 Å². The van der Waals surface area contributed by atoms with Gasteiger partial charge in [0.2, 0.25) is 5.91 Å². The van der Waals surface area contributed by atoms with Crippen molar-refractivity contribution in [1.29, 1.82) is 0 Å². The summed E-state index contributed by atoms with van der Waals surface area (Å²) >= 11 is 0. The van der Waals surface area contributed by atoms with Crippen molar-refractivity contribution in [2.45, 2.75) is 32.4 Å². The highest BCUT2D eigenvalue weighted by atomic mass is 16.5. The normalized spacial score (nSPS) is 15.8. The molecule has 6 heteroatoms. The van der Waals surface area contributed by atoms with E-state index < -0.39 is 6.03 Å². The number of rotatable bonds is 7. The highest BCUT2D eigenvalue weighted by Crippen LogP contribution is 2.15. The molecule has 1 aliphatic rings. The molecule has 2 aromatic rings. The number of hydrogen-bond acceptors (Lipinski definition) is 3. The average Bonchev–Trinajstić information content (AvgIpc) is 3.19. The van der Waals surface area contributed by atoms with Crippen LogP contribution in [0.5, 0.6) is 0 Å². The predicted molar refractivity (Wildman–Crippen MR) is 109 cm³/mol. The van der Waals surface area contributed by atoms with E-state index in [0.717, 1.165) is 30.6 Å². The molecule has 28 heavy (non-hydrogen) atoms. The lowest BCUT2D eigenvalue weighted by Gasteiger charge is -2.26. The smallest absolute Gasteiger partial charge is 0.319 e. The summed E-state index contributed by atoms with van der Waals surface area (Å²) in [5.74, 6) is -0.126. The van der Waals surface area contributed by atoms with Crippen LogP contribution < -0.4 is 10.6 Å². The SMILES string of the molecule is Cc1cccc(NC(=O)NCC(=O)N(Cc2ccccc2)CC2CCCO2)c1. The number of aryl methyl sites for hydroxylation is 1. The molecule has 1 aliphatic heterocycles. The quantitative estimate of drug-likeness (QED) is 0.773. The van der Waals surface area contributed by atoms with Crippen LogP contribution in [0.3, 0.4) is 0 Å². The Balaban J connectivity index is 1.55. The lowest BCUT2D eigenvalue weighted by Crippen LogP contribution is -2.44. The van der Waals surface area contributed by atoms with Gasteiger partial charge in [0.25, 0.3) is 0 Å². The number of carbonyl (C=O) groups excluding carboxylic acids is 2. The lowest BCUT2D eigenvalue weighted by molar-refractivity contribution is -0.132. The van der Waals surface area contributed by atoms with E-state index in [4.69, 9.17) is 4.74 Å². The summed E-state index contributed by atoms with van der Waals surface area (Å²) in [5.41, 5.74) is 2.81. The third kappa shape index (κ3) is 6.09. The van der Waals surface area contributed by atoms with E-state index in [9.17, 15) is 9.59 Å². The molecule has 0 radical (unpaired) electrons. The molecule has 0 aliphatic carbocycles. The lowest BCUT2D eigenvalue weighted by atomic mass is 10.2. The second kappa shape index (κ2) is 9.90. The highest BCUT2D eigenvalue weighted by Gasteiger charge is 2.23. The maximum Gasteiger partial charge on any atom is 0.319 e. The summed E-state index contributed by atoms with van der Waals surface area (Å²) < 4.78 is 5.69. The Kier molecular flexibility index (Phi) is 7.03. The van der Waals surface area contributed by atoms with Gasteiger partial charge in [-0.3, -0.25) is 4.79 Å². The van der Waals surface area contributed by atoms with Gasteiger partial charge < -0.3 is 20.3 Å². The van der Waals surface area contributed by atoms with E-state index in [1.807, 2.05) is 61.5 Å².